The Morgan fingerprint density at radius 3 is 1.45 bits per heavy atom. The van der Waals surface area contributed by atoms with Crippen molar-refractivity contribution in [3.05, 3.63) is 102 Å². The van der Waals surface area contributed by atoms with Crippen LogP contribution < -0.4 is 4.90 Å². The number of hydrogen-bond donors (Lipinski definition) is 0. The van der Waals surface area contributed by atoms with Gasteiger partial charge in [-0.25, -0.2) is 16.8 Å². The van der Waals surface area contributed by atoms with Gasteiger partial charge in [-0.15, -0.1) is 0 Å². The predicted octanol–water partition coefficient (Wildman–Crippen LogP) is 4.44. The molecule has 0 N–H and O–H groups in total. The van der Waals surface area contributed by atoms with Crippen molar-refractivity contribution in [1.82, 2.24) is 0 Å². The first-order valence-corrected chi connectivity index (χ1v) is 12.8. The highest BCUT2D eigenvalue weighted by Gasteiger charge is 2.65. The summed E-state index contributed by atoms with van der Waals surface area (Å²) in [6, 6.07) is 24.8. The molecule has 0 saturated heterocycles. The number of anilines is 1. The van der Waals surface area contributed by atoms with Gasteiger partial charge in [0.1, 0.15) is 0 Å². The lowest BCUT2D eigenvalue weighted by Crippen LogP contribution is -2.57. The maximum absolute atomic E-state index is 14.0. The molecule has 0 heterocycles. The Morgan fingerprint density at radius 1 is 0.677 bits per heavy atom. The van der Waals surface area contributed by atoms with Crippen LogP contribution in [0.5, 0.6) is 0 Å². The standard InChI is InChI=1S/C24H23NO4S2/c1-19-18-24(30(26,27)21-14-8-4-9-15-21,31(28,29)22-16-10-5-11-17-22)23(19)25(2)20-12-6-3-7-13-20/h3-17H,18H2,1-2H3. The predicted molar refractivity (Wildman–Crippen MR) is 122 cm³/mol. The van der Waals surface area contributed by atoms with E-state index in [1.165, 1.54) is 24.3 Å². The van der Waals surface area contributed by atoms with Crippen LogP contribution in [-0.2, 0) is 19.7 Å². The minimum Gasteiger partial charge on any atom is -0.346 e. The molecule has 0 radical (unpaired) electrons. The fraction of sp³-hybridized carbons (Fsp3) is 0.167. The van der Waals surface area contributed by atoms with Gasteiger partial charge in [-0.2, -0.15) is 0 Å². The molecule has 4 rings (SSSR count). The Kier molecular flexibility index (Phi) is 5.27. The molecule has 0 atom stereocenters. The minimum absolute atomic E-state index is 0.0130. The van der Waals surface area contributed by atoms with Crippen molar-refractivity contribution in [3.8, 4) is 0 Å². The van der Waals surface area contributed by atoms with Crippen LogP contribution in [-0.4, -0.2) is 28.0 Å². The number of para-hydroxylation sites is 1. The van der Waals surface area contributed by atoms with Gasteiger partial charge in [0.25, 0.3) is 0 Å². The van der Waals surface area contributed by atoms with E-state index in [4.69, 9.17) is 0 Å². The van der Waals surface area contributed by atoms with Gasteiger partial charge in [-0.1, -0.05) is 54.6 Å². The summed E-state index contributed by atoms with van der Waals surface area (Å²) >= 11 is 0. The Hall–Kier alpha value is -2.90. The summed E-state index contributed by atoms with van der Waals surface area (Å²) in [6.07, 6.45) is -0.0893. The smallest absolute Gasteiger partial charge is 0.225 e. The SMILES string of the molecule is CC1=C(N(C)c2ccccc2)C(S(=O)(=O)c2ccccc2)(S(=O)(=O)c2ccccc2)C1. The third-order valence-corrected chi connectivity index (χ3v) is 11.2. The zero-order valence-electron chi connectivity index (χ0n) is 17.3. The van der Waals surface area contributed by atoms with Gasteiger partial charge < -0.3 is 4.90 Å². The van der Waals surface area contributed by atoms with Crippen LogP contribution in [0.25, 0.3) is 0 Å². The van der Waals surface area contributed by atoms with E-state index in [-0.39, 0.29) is 21.9 Å². The number of allylic oxidation sites excluding steroid dienone is 1. The second kappa shape index (κ2) is 7.66. The largest absolute Gasteiger partial charge is 0.346 e. The first-order chi connectivity index (χ1) is 14.7. The summed E-state index contributed by atoms with van der Waals surface area (Å²) in [4.78, 5) is 1.65. The van der Waals surface area contributed by atoms with Crippen molar-refractivity contribution in [3.63, 3.8) is 0 Å². The normalized spacial score (nSPS) is 15.9. The molecule has 160 valence electrons. The van der Waals surface area contributed by atoms with E-state index >= 15 is 0 Å². The molecule has 31 heavy (non-hydrogen) atoms. The molecule has 0 bridgehead atoms. The van der Waals surface area contributed by atoms with Gasteiger partial charge >= 0.3 is 0 Å². The van der Waals surface area contributed by atoms with E-state index in [1.807, 2.05) is 30.3 Å². The van der Waals surface area contributed by atoms with Crippen LogP contribution in [0.4, 0.5) is 5.69 Å². The molecular formula is C24H23NO4S2. The first-order valence-electron chi connectivity index (χ1n) is 9.82. The summed E-state index contributed by atoms with van der Waals surface area (Å²) in [6.45, 7) is 1.79. The van der Waals surface area contributed by atoms with Crippen LogP contribution in [0.3, 0.4) is 0 Å². The average Bonchev–Trinajstić information content (AvgIpc) is 2.78. The zero-order chi connectivity index (χ0) is 22.3. The summed E-state index contributed by atoms with van der Waals surface area (Å²) in [7, 11) is -6.87. The number of rotatable bonds is 6. The zero-order valence-corrected chi connectivity index (χ0v) is 18.9. The lowest BCUT2D eigenvalue weighted by molar-refractivity contribution is 0.529. The van der Waals surface area contributed by atoms with Gasteiger partial charge in [0.05, 0.1) is 15.5 Å². The molecule has 3 aromatic rings. The van der Waals surface area contributed by atoms with E-state index < -0.39 is 23.8 Å². The molecule has 7 heteroatoms. The van der Waals surface area contributed by atoms with Crippen LogP contribution >= 0.6 is 0 Å². The van der Waals surface area contributed by atoms with Gasteiger partial charge in [0.15, 0.2) is 0 Å². The third kappa shape index (κ3) is 3.11. The first kappa shape index (κ1) is 21.3. The number of nitrogens with zero attached hydrogens (tertiary/aromatic N) is 1. The monoisotopic (exact) mass is 453 g/mol. The van der Waals surface area contributed by atoms with Crippen molar-refractivity contribution in [1.29, 1.82) is 0 Å². The van der Waals surface area contributed by atoms with Gasteiger partial charge in [0, 0.05) is 19.2 Å². The number of sulfone groups is 2. The maximum atomic E-state index is 14.0. The van der Waals surface area contributed by atoms with Gasteiger partial charge in [-0.05, 0) is 48.9 Å². The molecule has 0 unspecified atom stereocenters. The Bertz CT molecular complexity index is 1260. The lowest BCUT2D eigenvalue weighted by Gasteiger charge is -2.47. The van der Waals surface area contributed by atoms with Crippen molar-refractivity contribution in [2.75, 3.05) is 11.9 Å². The van der Waals surface area contributed by atoms with Crippen LogP contribution in [0, 0.1) is 0 Å². The van der Waals surface area contributed by atoms with Crippen molar-refractivity contribution < 1.29 is 16.8 Å². The van der Waals surface area contributed by atoms with Crippen LogP contribution in [0.2, 0.25) is 0 Å². The molecule has 1 aliphatic carbocycles. The summed E-state index contributed by atoms with van der Waals surface area (Å²) < 4.78 is 53.9. The second-order valence-corrected chi connectivity index (χ2v) is 12.2. The number of benzene rings is 3. The molecule has 0 amide bonds. The Morgan fingerprint density at radius 2 is 1.06 bits per heavy atom. The third-order valence-electron chi connectivity index (χ3n) is 5.72. The highest BCUT2D eigenvalue weighted by Crippen LogP contribution is 2.54. The average molecular weight is 454 g/mol. The van der Waals surface area contributed by atoms with Crippen LogP contribution in [0.1, 0.15) is 13.3 Å². The molecule has 0 fully saturated rings. The number of hydrogen-bond acceptors (Lipinski definition) is 5. The summed E-state index contributed by atoms with van der Waals surface area (Å²) in [5, 5.41) is 0. The van der Waals surface area contributed by atoms with Crippen molar-refractivity contribution in [2.45, 2.75) is 27.2 Å². The lowest BCUT2D eigenvalue weighted by atomic mass is 9.92. The Balaban J connectivity index is 2.01. The molecule has 3 aromatic carbocycles. The van der Waals surface area contributed by atoms with Gasteiger partial charge in [-0.3, -0.25) is 0 Å². The van der Waals surface area contributed by atoms with E-state index in [0.717, 1.165) is 5.57 Å². The molecule has 0 aliphatic heterocycles. The van der Waals surface area contributed by atoms with E-state index in [2.05, 4.69) is 0 Å². The topological polar surface area (TPSA) is 71.5 Å². The Labute approximate surface area is 183 Å². The van der Waals surface area contributed by atoms with Gasteiger partial charge in [0.2, 0.25) is 23.8 Å². The quantitative estimate of drug-likeness (QED) is 0.552. The minimum atomic E-state index is -4.29. The van der Waals surface area contributed by atoms with Crippen molar-refractivity contribution >= 4 is 25.4 Å². The summed E-state index contributed by atoms with van der Waals surface area (Å²) in [5.41, 5.74) is 1.73. The fourth-order valence-corrected chi connectivity index (χ4v) is 9.70. The van der Waals surface area contributed by atoms with E-state index in [1.54, 1.807) is 55.3 Å². The summed E-state index contributed by atoms with van der Waals surface area (Å²) in [5.74, 6) is 0. The fourth-order valence-electron chi connectivity index (χ4n) is 4.23. The molecular weight excluding hydrogens is 430 g/mol. The molecule has 5 nitrogen and oxygen atoms in total. The van der Waals surface area contributed by atoms with E-state index in [9.17, 15) is 16.8 Å². The highest BCUT2D eigenvalue weighted by molar-refractivity contribution is 8.10. The molecule has 0 saturated carbocycles. The van der Waals surface area contributed by atoms with Crippen molar-refractivity contribution in [2.24, 2.45) is 0 Å². The molecule has 0 aromatic heterocycles. The maximum Gasteiger partial charge on any atom is 0.225 e. The second-order valence-electron chi connectivity index (χ2n) is 7.59. The highest BCUT2D eigenvalue weighted by atomic mass is 32.3. The molecule has 1 aliphatic rings. The van der Waals surface area contributed by atoms with Crippen LogP contribution in [0.15, 0.2) is 112 Å². The van der Waals surface area contributed by atoms with E-state index in [0.29, 0.717) is 5.69 Å². The molecule has 0 spiro atoms.